The van der Waals surface area contributed by atoms with Gasteiger partial charge in [-0.1, -0.05) is 38.2 Å². The van der Waals surface area contributed by atoms with Crippen LogP contribution in [0.5, 0.6) is 5.75 Å². The number of halogens is 2. The van der Waals surface area contributed by atoms with Gasteiger partial charge in [0, 0.05) is 0 Å². The van der Waals surface area contributed by atoms with Gasteiger partial charge >= 0.3 is 0 Å². The standard InChI is InChI=1S/C14H18FIO/c15-12-7-4-8-13(16)14(12)17-10-9-11-5-2-1-3-6-11/h4,7-8,11H,1-3,5-6,9-10H2. The van der Waals surface area contributed by atoms with Gasteiger partial charge in [-0.25, -0.2) is 4.39 Å². The molecule has 0 aliphatic heterocycles. The first-order valence-electron chi connectivity index (χ1n) is 6.34. The van der Waals surface area contributed by atoms with Gasteiger partial charge in [-0.15, -0.1) is 0 Å². The van der Waals surface area contributed by atoms with Crippen molar-refractivity contribution < 1.29 is 9.13 Å². The first-order chi connectivity index (χ1) is 8.27. The zero-order valence-corrected chi connectivity index (χ0v) is 12.1. The van der Waals surface area contributed by atoms with Crippen LogP contribution in [0.15, 0.2) is 18.2 Å². The van der Waals surface area contributed by atoms with Crippen LogP contribution in [0.1, 0.15) is 38.5 Å². The topological polar surface area (TPSA) is 9.23 Å². The van der Waals surface area contributed by atoms with Crippen LogP contribution >= 0.6 is 22.6 Å². The smallest absolute Gasteiger partial charge is 0.168 e. The third-order valence-corrected chi connectivity index (χ3v) is 4.27. The molecule has 17 heavy (non-hydrogen) atoms. The molecule has 94 valence electrons. The Bertz CT molecular complexity index is 341. The van der Waals surface area contributed by atoms with Crippen LogP contribution in [0.3, 0.4) is 0 Å². The molecule has 3 heteroatoms. The average molecular weight is 348 g/mol. The minimum absolute atomic E-state index is 0.249. The summed E-state index contributed by atoms with van der Waals surface area (Å²) >= 11 is 2.12. The zero-order chi connectivity index (χ0) is 12.1. The molecule has 1 aromatic carbocycles. The second kappa shape index (κ2) is 6.57. The molecule has 1 nitrogen and oxygen atoms in total. The summed E-state index contributed by atoms with van der Waals surface area (Å²) in [6.45, 7) is 0.640. The van der Waals surface area contributed by atoms with E-state index in [0.717, 1.165) is 15.9 Å². The van der Waals surface area contributed by atoms with Crippen LogP contribution in [0.2, 0.25) is 0 Å². The van der Waals surface area contributed by atoms with Gasteiger partial charge in [0.05, 0.1) is 10.2 Å². The predicted molar refractivity (Wildman–Crippen MR) is 75.8 cm³/mol. The van der Waals surface area contributed by atoms with Crippen molar-refractivity contribution >= 4 is 22.6 Å². The van der Waals surface area contributed by atoms with Crippen molar-refractivity contribution in [3.05, 3.63) is 27.6 Å². The molecule has 1 aliphatic rings. The molecule has 0 amide bonds. The highest BCUT2D eigenvalue weighted by Crippen LogP contribution is 2.28. The number of hydrogen-bond acceptors (Lipinski definition) is 1. The quantitative estimate of drug-likeness (QED) is 0.712. The fourth-order valence-electron chi connectivity index (χ4n) is 2.42. The zero-order valence-electron chi connectivity index (χ0n) is 9.92. The molecule has 0 spiro atoms. The molecule has 0 atom stereocenters. The van der Waals surface area contributed by atoms with Crippen molar-refractivity contribution in [2.75, 3.05) is 6.61 Å². The molecule has 2 rings (SSSR count). The third kappa shape index (κ3) is 3.83. The number of hydrogen-bond donors (Lipinski definition) is 0. The van der Waals surface area contributed by atoms with Gasteiger partial charge in [-0.05, 0) is 47.1 Å². The van der Waals surface area contributed by atoms with Gasteiger partial charge in [-0.2, -0.15) is 0 Å². The molecule has 0 aromatic heterocycles. The van der Waals surface area contributed by atoms with Crippen molar-refractivity contribution in [1.29, 1.82) is 0 Å². The van der Waals surface area contributed by atoms with Gasteiger partial charge in [0.2, 0.25) is 0 Å². The Morgan fingerprint density at radius 2 is 2.00 bits per heavy atom. The minimum atomic E-state index is -0.249. The molecule has 0 bridgehead atoms. The monoisotopic (exact) mass is 348 g/mol. The fourth-order valence-corrected chi connectivity index (χ4v) is 3.04. The van der Waals surface area contributed by atoms with Gasteiger partial charge in [0.15, 0.2) is 11.6 Å². The Kier molecular flexibility index (Phi) is 5.07. The summed E-state index contributed by atoms with van der Waals surface area (Å²) in [5.41, 5.74) is 0. The lowest BCUT2D eigenvalue weighted by Gasteiger charge is -2.21. The predicted octanol–water partition coefficient (Wildman–Crippen LogP) is 4.78. The minimum Gasteiger partial charge on any atom is -0.489 e. The van der Waals surface area contributed by atoms with Gasteiger partial charge < -0.3 is 4.74 Å². The van der Waals surface area contributed by atoms with Gasteiger partial charge in [-0.3, -0.25) is 0 Å². The molecule has 1 saturated carbocycles. The van der Waals surface area contributed by atoms with Crippen LogP contribution in [0.25, 0.3) is 0 Å². The summed E-state index contributed by atoms with van der Waals surface area (Å²) in [4.78, 5) is 0. The highest BCUT2D eigenvalue weighted by molar-refractivity contribution is 14.1. The molecular weight excluding hydrogens is 330 g/mol. The lowest BCUT2D eigenvalue weighted by Crippen LogP contribution is -2.11. The number of para-hydroxylation sites is 1. The summed E-state index contributed by atoms with van der Waals surface area (Å²) in [6, 6.07) is 5.04. The van der Waals surface area contributed by atoms with E-state index in [1.54, 1.807) is 6.07 Å². The van der Waals surface area contributed by atoms with Crippen LogP contribution in [0, 0.1) is 15.3 Å². The first-order valence-corrected chi connectivity index (χ1v) is 7.42. The number of rotatable bonds is 4. The Labute approximate surface area is 116 Å². The van der Waals surface area contributed by atoms with E-state index in [9.17, 15) is 4.39 Å². The Balaban J connectivity index is 1.81. The molecule has 1 aliphatic carbocycles. The van der Waals surface area contributed by atoms with E-state index in [4.69, 9.17) is 4.74 Å². The third-order valence-electron chi connectivity index (χ3n) is 3.42. The summed E-state index contributed by atoms with van der Waals surface area (Å²) in [5, 5.41) is 0. The summed E-state index contributed by atoms with van der Waals surface area (Å²) in [5.74, 6) is 0.956. The number of ether oxygens (including phenoxy) is 1. The maximum absolute atomic E-state index is 13.5. The van der Waals surface area contributed by atoms with E-state index in [-0.39, 0.29) is 5.82 Å². The highest BCUT2D eigenvalue weighted by Gasteiger charge is 2.14. The Morgan fingerprint density at radius 3 is 2.71 bits per heavy atom. The molecule has 1 fully saturated rings. The maximum atomic E-state index is 13.5. The summed E-state index contributed by atoms with van der Waals surface area (Å²) < 4.78 is 19.9. The van der Waals surface area contributed by atoms with Gasteiger partial charge in [0.1, 0.15) is 0 Å². The van der Waals surface area contributed by atoms with Crippen LogP contribution in [-0.4, -0.2) is 6.61 Å². The van der Waals surface area contributed by atoms with Crippen molar-refractivity contribution in [1.82, 2.24) is 0 Å². The van der Waals surface area contributed by atoms with E-state index < -0.39 is 0 Å². The van der Waals surface area contributed by atoms with Crippen molar-refractivity contribution in [3.8, 4) is 5.75 Å². The fraction of sp³-hybridized carbons (Fsp3) is 0.571. The SMILES string of the molecule is Fc1cccc(I)c1OCCC1CCCCC1. The first kappa shape index (κ1) is 13.1. The molecular formula is C14H18FIO. The summed E-state index contributed by atoms with van der Waals surface area (Å²) in [6.07, 6.45) is 7.77. The van der Waals surface area contributed by atoms with E-state index in [1.807, 2.05) is 6.07 Å². The Morgan fingerprint density at radius 1 is 1.24 bits per heavy atom. The number of benzene rings is 1. The molecule has 1 aromatic rings. The second-order valence-electron chi connectivity index (χ2n) is 4.69. The normalized spacial score (nSPS) is 17.1. The van der Waals surface area contributed by atoms with Crippen molar-refractivity contribution in [3.63, 3.8) is 0 Å². The van der Waals surface area contributed by atoms with E-state index >= 15 is 0 Å². The van der Waals surface area contributed by atoms with Crippen LogP contribution in [-0.2, 0) is 0 Å². The lowest BCUT2D eigenvalue weighted by molar-refractivity contribution is 0.238. The van der Waals surface area contributed by atoms with Crippen LogP contribution in [0.4, 0.5) is 4.39 Å². The molecule has 0 N–H and O–H groups in total. The van der Waals surface area contributed by atoms with Crippen molar-refractivity contribution in [2.45, 2.75) is 38.5 Å². The largest absolute Gasteiger partial charge is 0.489 e. The highest BCUT2D eigenvalue weighted by atomic mass is 127. The second-order valence-corrected chi connectivity index (χ2v) is 5.85. The van der Waals surface area contributed by atoms with Crippen molar-refractivity contribution in [2.24, 2.45) is 5.92 Å². The van der Waals surface area contributed by atoms with Crippen LogP contribution < -0.4 is 4.74 Å². The lowest BCUT2D eigenvalue weighted by atomic mass is 9.87. The van der Waals surface area contributed by atoms with E-state index in [2.05, 4.69) is 22.6 Å². The van der Waals surface area contributed by atoms with E-state index in [0.29, 0.717) is 12.4 Å². The average Bonchev–Trinajstić information content (AvgIpc) is 2.34. The summed E-state index contributed by atoms with van der Waals surface area (Å²) in [7, 11) is 0. The Hall–Kier alpha value is -0.320. The van der Waals surface area contributed by atoms with E-state index in [1.165, 1.54) is 38.2 Å². The van der Waals surface area contributed by atoms with Gasteiger partial charge in [0.25, 0.3) is 0 Å². The molecule has 0 unspecified atom stereocenters. The molecule has 0 radical (unpaired) electrons. The molecule has 0 saturated heterocycles. The molecule has 0 heterocycles. The maximum Gasteiger partial charge on any atom is 0.168 e.